The molecular weight excluding hydrogens is 220 g/mol. The summed E-state index contributed by atoms with van der Waals surface area (Å²) in [4.78, 5) is 6.83. The highest BCUT2D eigenvalue weighted by Gasteiger charge is 2.14. The van der Waals surface area contributed by atoms with E-state index in [4.69, 9.17) is 11.6 Å². The number of aromatic nitrogens is 1. The van der Waals surface area contributed by atoms with E-state index in [0.29, 0.717) is 5.88 Å². The molecule has 1 aromatic heterocycles. The minimum atomic E-state index is 0.569. The molecule has 1 unspecified atom stereocenters. The smallest absolute Gasteiger partial charge is 0.128 e. The van der Waals surface area contributed by atoms with Crippen LogP contribution < -0.4 is 4.90 Å². The summed E-state index contributed by atoms with van der Waals surface area (Å²) in [5, 5.41) is 0. The molecule has 0 saturated carbocycles. The molecule has 1 aliphatic heterocycles. The second-order valence-corrected chi connectivity index (χ2v) is 4.95. The summed E-state index contributed by atoms with van der Waals surface area (Å²) in [7, 11) is 0. The van der Waals surface area contributed by atoms with E-state index >= 15 is 0 Å². The number of hydrogen-bond donors (Lipinski definition) is 0. The van der Waals surface area contributed by atoms with Gasteiger partial charge in [0.25, 0.3) is 0 Å². The topological polar surface area (TPSA) is 16.1 Å². The third-order valence-electron chi connectivity index (χ3n) is 3.30. The molecule has 2 nitrogen and oxygen atoms in total. The van der Waals surface area contributed by atoms with E-state index in [1.807, 2.05) is 12.3 Å². The summed E-state index contributed by atoms with van der Waals surface area (Å²) in [6, 6.07) is 4.10. The molecule has 1 aliphatic rings. The first-order chi connectivity index (χ1) is 7.79. The summed E-state index contributed by atoms with van der Waals surface area (Å²) in [6.45, 7) is 4.59. The summed E-state index contributed by atoms with van der Waals surface area (Å²) in [6.07, 6.45) is 5.74. The van der Waals surface area contributed by atoms with Crippen molar-refractivity contribution in [2.75, 3.05) is 18.0 Å². The number of nitrogens with zero attached hydrogens (tertiary/aromatic N) is 2. The molecule has 0 N–H and O–H groups in total. The average Bonchev–Trinajstić information content (AvgIpc) is 2.54. The van der Waals surface area contributed by atoms with Crippen molar-refractivity contribution in [1.82, 2.24) is 4.98 Å². The van der Waals surface area contributed by atoms with Gasteiger partial charge in [-0.15, -0.1) is 11.6 Å². The molecule has 0 spiro atoms. The number of alkyl halides is 1. The zero-order valence-corrected chi connectivity index (χ0v) is 10.6. The van der Waals surface area contributed by atoms with E-state index in [1.54, 1.807) is 0 Å². The van der Waals surface area contributed by atoms with E-state index in [9.17, 15) is 0 Å². The van der Waals surface area contributed by atoms with Crippen molar-refractivity contribution in [2.24, 2.45) is 5.92 Å². The Morgan fingerprint density at radius 2 is 2.31 bits per heavy atom. The van der Waals surface area contributed by atoms with Gasteiger partial charge in [0.05, 0.1) is 0 Å². The van der Waals surface area contributed by atoms with Gasteiger partial charge in [-0.3, -0.25) is 0 Å². The lowest BCUT2D eigenvalue weighted by atomic mass is 10.0. The van der Waals surface area contributed by atoms with Crippen LogP contribution in [0, 0.1) is 5.92 Å². The Balaban J connectivity index is 2.10. The van der Waals surface area contributed by atoms with Crippen molar-refractivity contribution in [2.45, 2.75) is 32.1 Å². The van der Waals surface area contributed by atoms with Gasteiger partial charge in [-0.2, -0.15) is 0 Å². The van der Waals surface area contributed by atoms with Crippen LogP contribution in [0.25, 0.3) is 0 Å². The maximum absolute atomic E-state index is 5.85. The Hall–Kier alpha value is -0.760. The molecule has 0 radical (unpaired) electrons. The summed E-state index contributed by atoms with van der Waals surface area (Å²) >= 11 is 5.85. The SMILES string of the molecule is CC1CCCN(c2cc(CCl)ccn2)CC1. The molecule has 16 heavy (non-hydrogen) atoms. The number of pyridine rings is 1. The first-order valence-electron chi connectivity index (χ1n) is 6.05. The predicted octanol–water partition coefficient (Wildman–Crippen LogP) is 3.45. The third kappa shape index (κ3) is 2.88. The van der Waals surface area contributed by atoms with Crippen LogP contribution in [-0.4, -0.2) is 18.1 Å². The van der Waals surface area contributed by atoms with E-state index in [-0.39, 0.29) is 0 Å². The minimum Gasteiger partial charge on any atom is -0.357 e. The van der Waals surface area contributed by atoms with Gasteiger partial charge < -0.3 is 4.90 Å². The average molecular weight is 239 g/mol. The highest BCUT2D eigenvalue weighted by atomic mass is 35.5. The molecule has 1 saturated heterocycles. The van der Waals surface area contributed by atoms with Gasteiger partial charge in [-0.1, -0.05) is 6.92 Å². The molecular formula is C13H19ClN2. The molecule has 2 rings (SSSR count). The van der Waals surface area contributed by atoms with Crippen molar-refractivity contribution in [3.8, 4) is 0 Å². The summed E-state index contributed by atoms with van der Waals surface area (Å²) in [5.74, 6) is 2.51. The molecule has 0 amide bonds. The zero-order valence-electron chi connectivity index (χ0n) is 9.82. The fourth-order valence-corrected chi connectivity index (χ4v) is 2.37. The Labute approximate surface area is 103 Å². The number of anilines is 1. The maximum Gasteiger partial charge on any atom is 0.128 e. The Morgan fingerprint density at radius 3 is 3.12 bits per heavy atom. The molecule has 88 valence electrons. The third-order valence-corrected chi connectivity index (χ3v) is 3.61. The van der Waals surface area contributed by atoms with Crippen LogP contribution in [-0.2, 0) is 5.88 Å². The first kappa shape index (κ1) is 11.7. The monoisotopic (exact) mass is 238 g/mol. The highest BCUT2D eigenvalue weighted by Crippen LogP contribution is 2.21. The first-order valence-corrected chi connectivity index (χ1v) is 6.59. The van der Waals surface area contributed by atoms with E-state index in [1.165, 1.54) is 19.3 Å². The van der Waals surface area contributed by atoms with E-state index in [2.05, 4.69) is 22.9 Å². The van der Waals surface area contributed by atoms with Crippen LogP contribution in [0.4, 0.5) is 5.82 Å². The molecule has 0 bridgehead atoms. The van der Waals surface area contributed by atoms with E-state index < -0.39 is 0 Å². The second-order valence-electron chi connectivity index (χ2n) is 4.68. The maximum atomic E-state index is 5.85. The van der Waals surface area contributed by atoms with Gasteiger partial charge in [0, 0.05) is 25.2 Å². The van der Waals surface area contributed by atoms with Gasteiger partial charge in [0.15, 0.2) is 0 Å². The van der Waals surface area contributed by atoms with Gasteiger partial charge in [-0.05, 0) is 42.9 Å². The van der Waals surface area contributed by atoms with Gasteiger partial charge >= 0.3 is 0 Å². The highest BCUT2D eigenvalue weighted by molar-refractivity contribution is 6.17. The minimum absolute atomic E-state index is 0.569. The Morgan fingerprint density at radius 1 is 1.44 bits per heavy atom. The lowest BCUT2D eigenvalue weighted by Gasteiger charge is -2.21. The van der Waals surface area contributed by atoms with Gasteiger partial charge in [0.2, 0.25) is 0 Å². The normalized spacial score (nSPS) is 21.9. The summed E-state index contributed by atoms with van der Waals surface area (Å²) < 4.78 is 0. The quantitative estimate of drug-likeness (QED) is 0.734. The number of rotatable bonds is 2. The van der Waals surface area contributed by atoms with Crippen LogP contribution >= 0.6 is 11.6 Å². The zero-order chi connectivity index (χ0) is 11.4. The fraction of sp³-hybridized carbons (Fsp3) is 0.615. The molecule has 0 aliphatic carbocycles. The predicted molar refractivity (Wildman–Crippen MR) is 69.0 cm³/mol. The van der Waals surface area contributed by atoms with Crippen LogP contribution in [0.1, 0.15) is 31.7 Å². The lowest BCUT2D eigenvalue weighted by Crippen LogP contribution is -2.25. The largest absolute Gasteiger partial charge is 0.357 e. The van der Waals surface area contributed by atoms with Gasteiger partial charge in [0.1, 0.15) is 5.82 Å². The van der Waals surface area contributed by atoms with Crippen LogP contribution in [0.3, 0.4) is 0 Å². The van der Waals surface area contributed by atoms with Crippen molar-refractivity contribution in [3.63, 3.8) is 0 Å². The molecule has 1 atom stereocenters. The number of hydrogen-bond acceptors (Lipinski definition) is 2. The van der Waals surface area contributed by atoms with Crippen molar-refractivity contribution >= 4 is 17.4 Å². The standard InChI is InChI=1S/C13H19ClN2/c1-11-3-2-7-16(8-5-11)13-9-12(10-14)4-6-15-13/h4,6,9,11H,2-3,5,7-8,10H2,1H3. The Bertz CT molecular complexity index is 340. The van der Waals surface area contributed by atoms with Crippen LogP contribution in [0.2, 0.25) is 0 Å². The van der Waals surface area contributed by atoms with Crippen molar-refractivity contribution in [1.29, 1.82) is 0 Å². The van der Waals surface area contributed by atoms with E-state index in [0.717, 1.165) is 30.4 Å². The molecule has 2 heterocycles. The van der Waals surface area contributed by atoms with Gasteiger partial charge in [-0.25, -0.2) is 4.98 Å². The number of halogens is 1. The molecule has 1 fully saturated rings. The van der Waals surface area contributed by atoms with Crippen LogP contribution in [0.5, 0.6) is 0 Å². The van der Waals surface area contributed by atoms with Crippen molar-refractivity contribution < 1.29 is 0 Å². The van der Waals surface area contributed by atoms with Crippen LogP contribution in [0.15, 0.2) is 18.3 Å². The Kier molecular flexibility index (Phi) is 4.05. The summed E-state index contributed by atoms with van der Waals surface area (Å²) in [5.41, 5.74) is 1.16. The molecule has 3 heteroatoms. The fourth-order valence-electron chi connectivity index (χ4n) is 2.21. The molecule has 1 aromatic rings. The second kappa shape index (κ2) is 5.53. The lowest BCUT2D eigenvalue weighted by molar-refractivity contribution is 0.521. The molecule has 0 aromatic carbocycles. The van der Waals surface area contributed by atoms with Crippen molar-refractivity contribution in [3.05, 3.63) is 23.9 Å².